The molecule has 142 valence electrons. The van der Waals surface area contributed by atoms with Crippen LogP contribution in [0.2, 0.25) is 0 Å². The number of hydrogen-bond donors (Lipinski definition) is 0. The summed E-state index contributed by atoms with van der Waals surface area (Å²) in [6, 6.07) is 9.74. The highest BCUT2D eigenvalue weighted by Gasteiger charge is 2.38. The summed E-state index contributed by atoms with van der Waals surface area (Å²) in [6.45, 7) is 6.21. The van der Waals surface area contributed by atoms with Crippen LogP contribution < -0.4 is 4.74 Å². The maximum Gasteiger partial charge on any atom is 0.341 e. The van der Waals surface area contributed by atoms with Gasteiger partial charge in [0.2, 0.25) is 0 Å². The maximum atomic E-state index is 12.8. The third-order valence-corrected chi connectivity index (χ3v) is 6.47. The van der Waals surface area contributed by atoms with E-state index in [1.54, 1.807) is 13.8 Å². The van der Waals surface area contributed by atoms with Crippen molar-refractivity contribution in [1.82, 2.24) is 0 Å². The number of ether oxygens (including phenoxy) is 1. The highest BCUT2D eigenvalue weighted by atomic mass is 31.2. The summed E-state index contributed by atoms with van der Waals surface area (Å²) in [5, 5.41) is 0. The fourth-order valence-corrected chi connectivity index (χ4v) is 4.76. The van der Waals surface area contributed by atoms with E-state index in [9.17, 15) is 9.36 Å². The van der Waals surface area contributed by atoms with Gasteiger partial charge in [0.15, 0.2) is 0 Å². The van der Waals surface area contributed by atoms with Crippen molar-refractivity contribution in [2.24, 2.45) is 0 Å². The molecule has 0 saturated heterocycles. The molecule has 25 heavy (non-hydrogen) atoms. The quantitative estimate of drug-likeness (QED) is 0.331. The fraction of sp³-hybridized carbons (Fsp3) is 0.632. The monoisotopic (exact) mass is 370 g/mol. The standard InChI is InChI=1S/C19H31O5P/c1-4-23-25(21,24-5-2)19(17(3)20)15-11-6-7-12-16-22-18-13-9-8-10-14-18/h8-10,13-14,19H,4-7,11-12,15-16H2,1-3H3. The van der Waals surface area contributed by atoms with Crippen LogP contribution in [0, 0.1) is 0 Å². The SMILES string of the molecule is CCOP(=O)(OCC)C(CCCCCCOc1ccccc1)C(C)=O. The number of hydrogen-bond acceptors (Lipinski definition) is 5. The van der Waals surface area contributed by atoms with E-state index >= 15 is 0 Å². The molecule has 0 radical (unpaired) electrons. The Balaban J connectivity index is 2.30. The minimum absolute atomic E-state index is 0.127. The summed E-state index contributed by atoms with van der Waals surface area (Å²) in [6.07, 6.45) is 4.27. The van der Waals surface area contributed by atoms with Crippen LogP contribution in [0.4, 0.5) is 0 Å². The van der Waals surface area contributed by atoms with Crippen LogP contribution in [-0.2, 0) is 18.4 Å². The molecular weight excluding hydrogens is 339 g/mol. The van der Waals surface area contributed by atoms with Gasteiger partial charge in [-0.3, -0.25) is 9.36 Å². The van der Waals surface area contributed by atoms with Crippen LogP contribution in [0.3, 0.4) is 0 Å². The molecule has 1 atom stereocenters. The summed E-state index contributed by atoms with van der Waals surface area (Å²) in [5.41, 5.74) is -0.659. The molecule has 0 fully saturated rings. The van der Waals surface area contributed by atoms with E-state index in [4.69, 9.17) is 13.8 Å². The summed E-state index contributed by atoms with van der Waals surface area (Å²) < 4.78 is 29.1. The minimum Gasteiger partial charge on any atom is -0.494 e. The first-order chi connectivity index (χ1) is 12.0. The number of Topliss-reactive ketones (excluding diaryl/α,β-unsaturated/α-hetero) is 1. The zero-order valence-corrected chi connectivity index (χ0v) is 16.5. The Morgan fingerprint density at radius 3 is 2.16 bits per heavy atom. The van der Waals surface area contributed by atoms with Gasteiger partial charge in [-0.25, -0.2) is 0 Å². The largest absolute Gasteiger partial charge is 0.494 e. The zero-order chi connectivity index (χ0) is 18.5. The van der Waals surface area contributed by atoms with Crippen molar-refractivity contribution in [3.63, 3.8) is 0 Å². The first-order valence-electron chi connectivity index (χ1n) is 9.10. The van der Waals surface area contributed by atoms with E-state index < -0.39 is 13.3 Å². The van der Waals surface area contributed by atoms with E-state index in [1.165, 1.54) is 6.92 Å². The van der Waals surface area contributed by atoms with Crippen molar-refractivity contribution in [3.8, 4) is 5.75 Å². The third kappa shape index (κ3) is 8.17. The molecular formula is C19H31O5P. The number of carbonyl (C=O) groups excluding carboxylic acids is 1. The molecule has 0 N–H and O–H groups in total. The Morgan fingerprint density at radius 1 is 1.00 bits per heavy atom. The molecule has 0 heterocycles. The molecule has 1 aromatic rings. The van der Waals surface area contributed by atoms with Gasteiger partial charge in [0.05, 0.1) is 19.8 Å². The molecule has 1 aromatic carbocycles. The number of carbonyl (C=O) groups is 1. The van der Waals surface area contributed by atoms with Crippen LogP contribution in [0.25, 0.3) is 0 Å². The molecule has 6 heteroatoms. The Bertz CT molecular complexity index is 522. The van der Waals surface area contributed by atoms with Crippen LogP contribution in [0.5, 0.6) is 5.75 Å². The number of rotatable bonds is 14. The van der Waals surface area contributed by atoms with Gasteiger partial charge in [-0.1, -0.05) is 37.5 Å². The van der Waals surface area contributed by atoms with Crippen LogP contribution in [0.1, 0.15) is 52.9 Å². The van der Waals surface area contributed by atoms with Gasteiger partial charge in [-0.15, -0.1) is 0 Å². The number of unbranched alkanes of at least 4 members (excludes halogenated alkanes) is 3. The van der Waals surface area contributed by atoms with Crippen molar-refractivity contribution in [3.05, 3.63) is 30.3 Å². The molecule has 5 nitrogen and oxygen atoms in total. The van der Waals surface area contributed by atoms with Gasteiger partial charge >= 0.3 is 7.60 Å². The molecule has 1 rings (SSSR count). The van der Waals surface area contributed by atoms with Crippen LogP contribution in [0.15, 0.2) is 30.3 Å². The van der Waals surface area contributed by atoms with Gasteiger partial charge < -0.3 is 13.8 Å². The highest BCUT2D eigenvalue weighted by Crippen LogP contribution is 2.54. The summed E-state index contributed by atoms with van der Waals surface area (Å²) in [5.74, 6) is 0.756. The molecule has 0 aliphatic heterocycles. The highest BCUT2D eigenvalue weighted by molar-refractivity contribution is 7.55. The molecule has 1 unspecified atom stereocenters. The normalized spacial score (nSPS) is 12.8. The third-order valence-electron chi connectivity index (χ3n) is 3.85. The van der Waals surface area contributed by atoms with E-state index in [0.717, 1.165) is 31.4 Å². The average molecular weight is 370 g/mol. The lowest BCUT2D eigenvalue weighted by Gasteiger charge is -2.24. The predicted octanol–water partition coefficient (Wildman–Crippen LogP) is 5.24. The van der Waals surface area contributed by atoms with Crippen molar-refractivity contribution >= 4 is 13.4 Å². The Kier molecular flexibility index (Phi) is 10.7. The lowest BCUT2D eigenvalue weighted by atomic mass is 10.1. The second-order valence-corrected chi connectivity index (χ2v) is 8.09. The second kappa shape index (κ2) is 12.2. The smallest absolute Gasteiger partial charge is 0.341 e. The Morgan fingerprint density at radius 2 is 1.60 bits per heavy atom. The summed E-state index contributed by atoms with van der Waals surface area (Å²) >= 11 is 0. The Hall–Kier alpha value is -1.16. The zero-order valence-electron chi connectivity index (χ0n) is 15.6. The summed E-state index contributed by atoms with van der Waals surface area (Å²) in [7, 11) is -3.36. The first kappa shape index (κ1) is 21.9. The first-order valence-corrected chi connectivity index (χ1v) is 10.7. The number of para-hydroxylation sites is 1. The molecule has 0 amide bonds. The molecule has 0 aromatic heterocycles. The lowest BCUT2D eigenvalue weighted by Crippen LogP contribution is -2.21. The molecule has 0 saturated carbocycles. The van der Waals surface area contributed by atoms with E-state index in [1.807, 2.05) is 30.3 Å². The summed E-state index contributed by atoms with van der Waals surface area (Å²) in [4.78, 5) is 11.9. The predicted molar refractivity (Wildman–Crippen MR) is 100 cm³/mol. The van der Waals surface area contributed by atoms with Gasteiger partial charge in [-0.2, -0.15) is 0 Å². The maximum absolute atomic E-state index is 12.8. The topological polar surface area (TPSA) is 61.8 Å². The molecule has 0 spiro atoms. The number of ketones is 1. The van der Waals surface area contributed by atoms with Crippen molar-refractivity contribution in [1.29, 1.82) is 0 Å². The number of benzene rings is 1. The van der Waals surface area contributed by atoms with Crippen molar-refractivity contribution in [2.45, 2.75) is 58.5 Å². The van der Waals surface area contributed by atoms with Gasteiger partial charge in [0, 0.05) is 0 Å². The molecule has 0 aliphatic rings. The Labute approximate surface area is 151 Å². The van der Waals surface area contributed by atoms with Crippen LogP contribution >= 0.6 is 7.60 Å². The lowest BCUT2D eigenvalue weighted by molar-refractivity contribution is -0.117. The average Bonchev–Trinajstić information content (AvgIpc) is 2.58. The van der Waals surface area contributed by atoms with Gasteiger partial charge in [0.1, 0.15) is 17.2 Å². The second-order valence-electron chi connectivity index (χ2n) is 5.87. The van der Waals surface area contributed by atoms with Crippen molar-refractivity contribution in [2.75, 3.05) is 19.8 Å². The van der Waals surface area contributed by atoms with E-state index in [-0.39, 0.29) is 19.0 Å². The van der Waals surface area contributed by atoms with E-state index in [2.05, 4.69) is 0 Å². The molecule has 0 aliphatic carbocycles. The molecule has 0 bridgehead atoms. The van der Waals surface area contributed by atoms with Gasteiger partial charge in [0.25, 0.3) is 0 Å². The minimum atomic E-state index is -3.36. The van der Waals surface area contributed by atoms with E-state index in [0.29, 0.717) is 13.0 Å². The fourth-order valence-electron chi connectivity index (χ4n) is 2.66. The van der Waals surface area contributed by atoms with Crippen molar-refractivity contribution < 1.29 is 23.1 Å². The van der Waals surface area contributed by atoms with Crippen LogP contribution in [-0.4, -0.2) is 31.3 Å². The van der Waals surface area contributed by atoms with Gasteiger partial charge in [-0.05, 0) is 45.7 Å².